The molecular formula is C14H10N4O3. The summed E-state index contributed by atoms with van der Waals surface area (Å²) >= 11 is 0. The Labute approximate surface area is 118 Å². The van der Waals surface area contributed by atoms with Crippen molar-refractivity contribution < 1.29 is 14.7 Å². The Kier molecular flexibility index (Phi) is 3.07. The average molecular weight is 282 g/mol. The van der Waals surface area contributed by atoms with E-state index in [1.807, 2.05) is 0 Å². The van der Waals surface area contributed by atoms with E-state index in [2.05, 4.69) is 20.5 Å². The minimum Gasteiger partial charge on any atom is -0.477 e. The van der Waals surface area contributed by atoms with E-state index in [1.54, 1.807) is 24.4 Å². The quantitative estimate of drug-likeness (QED) is 0.680. The number of benzene rings is 1. The number of rotatable bonds is 3. The Hall–Kier alpha value is -3.22. The van der Waals surface area contributed by atoms with Gasteiger partial charge in [0.25, 0.3) is 5.91 Å². The maximum absolute atomic E-state index is 12.1. The van der Waals surface area contributed by atoms with Gasteiger partial charge in [-0.1, -0.05) is 0 Å². The number of pyridine rings is 1. The second-order valence-corrected chi connectivity index (χ2v) is 4.36. The maximum Gasteiger partial charge on any atom is 0.354 e. The Morgan fingerprint density at radius 3 is 2.71 bits per heavy atom. The third-order valence-corrected chi connectivity index (χ3v) is 2.94. The summed E-state index contributed by atoms with van der Waals surface area (Å²) in [5.74, 6) is -1.42. The normalized spacial score (nSPS) is 10.5. The van der Waals surface area contributed by atoms with E-state index in [9.17, 15) is 9.59 Å². The fraction of sp³-hybridized carbons (Fsp3) is 0. The second kappa shape index (κ2) is 5.04. The Bertz CT molecular complexity index is 824. The highest BCUT2D eigenvalue weighted by atomic mass is 16.4. The van der Waals surface area contributed by atoms with Gasteiger partial charge in [-0.25, -0.2) is 9.78 Å². The number of fused-ring (bicyclic) bond motifs is 1. The molecule has 7 nitrogen and oxygen atoms in total. The molecule has 3 rings (SSSR count). The van der Waals surface area contributed by atoms with Crippen molar-refractivity contribution in [2.75, 3.05) is 5.32 Å². The minimum atomic E-state index is -1.11. The number of carboxylic acids is 1. The van der Waals surface area contributed by atoms with Gasteiger partial charge >= 0.3 is 5.97 Å². The van der Waals surface area contributed by atoms with Crippen molar-refractivity contribution >= 4 is 28.5 Å². The van der Waals surface area contributed by atoms with Crippen molar-refractivity contribution in [3.8, 4) is 0 Å². The highest BCUT2D eigenvalue weighted by Gasteiger charge is 2.09. The van der Waals surface area contributed by atoms with Crippen molar-refractivity contribution in [1.82, 2.24) is 15.2 Å². The van der Waals surface area contributed by atoms with Crippen LogP contribution in [-0.4, -0.2) is 32.2 Å². The number of amides is 1. The first-order valence-electron chi connectivity index (χ1n) is 6.07. The molecule has 3 N–H and O–H groups in total. The SMILES string of the molecule is O=C(Nc1ccc(C(=O)O)nc1)c1ccc2[nH]ncc2c1. The van der Waals surface area contributed by atoms with Crippen LogP contribution in [-0.2, 0) is 0 Å². The van der Waals surface area contributed by atoms with Crippen LogP contribution in [0.15, 0.2) is 42.7 Å². The number of anilines is 1. The molecule has 0 spiro atoms. The van der Waals surface area contributed by atoms with E-state index in [1.165, 1.54) is 18.3 Å². The third-order valence-electron chi connectivity index (χ3n) is 2.94. The summed E-state index contributed by atoms with van der Waals surface area (Å²) in [5.41, 5.74) is 1.68. The van der Waals surface area contributed by atoms with Crippen molar-refractivity contribution in [1.29, 1.82) is 0 Å². The molecule has 0 aliphatic rings. The van der Waals surface area contributed by atoms with Crippen LogP contribution in [0.4, 0.5) is 5.69 Å². The van der Waals surface area contributed by atoms with Crippen LogP contribution < -0.4 is 5.32 Å². The Morgan fingerprint density at radius 2 is 2.00 bits per heavy atom. The van der Waals surface area contributed by atoms with Crippen molar-refractivity contribution in [3.05, 3.63) is 54.0 Å². The number of hydrogen-bond donors (Lipinski definition) is 3. The summed E-state index contributed by atoms with van der Waals surface area (Å²) in [6.07, 6.45) is 2.94. The molecule has 1 amide bonds. The molecule has 1 aromatic carbocycles. The largest absolute Gasteiger partial charge is 0.477 e. The number of aromatic nitrogens is 3. The second-order valence-electron chi connectivity index (χ2n) is 4.36. The molecule has 21 heavy (non-hydrogen) atoms. The zero-order valence-corrected chi connectivity index (χ0v) is 10.7. The first kappa shape index (κ1) is 12.8. The van der Waals surface area contributed by atoms with Gasteiger partial charge < -0.3 is 10.4 Å². The summed E-state index contributed by atoms with van der Waals surface area (Å²) in [4.78, 5) is 26.5. The monoisotopic (exact) mass is 282 g/mol. The number of carbonyl (C=O) groups is 2. The van der Waals surface area contributed by atoms with Gasteiger partial charge in [-0.15, -0.1) is 0 Å². The summed E-state index contributed by atoms with van der Waals surface area (Å²) in [7, 11) is 0. The molecule has 0 aliphatic carbocycles. The van der Waals surface area contributed by atoms with Crippen LogP contribution in [0, 0.1) is 0 Å². The first-order valence-corrected chi connectivity index (χ1v) is 6.07. The minimum absolute atomic E-state index is 0.0761. The Morgan fingerprint density at radius 1 is 1.14 bits per heavy atom. The van der Waals surface area contributed by atoms with Crippen molar-refractivity contribution in [2.24, 2.45) is 0 Å². The molecule has 0 saturated carbocycles. The molecule has 0 saturated heterocycles. The predicted molar refractivity (Wildman–Crippen MR) is 75.2 cm³/mol. The molecule has 0 aliphatic heterocycles. The average Bonchev–Trinajstić information content (AvgIpc) is 2.95. The first-order chi connectivity index (χ1) is 10.1. The van der Waals surface area contributed by atoms with Crippen LogP contribution in [0.2, 0.25) is 0 Å². The number of nitrogens with zero attached hydrogens (tertiary/aromatic N) is 2. The van der Waals surface area contributed by atoms with Crippen LogP contribution >= 0.6 is 0 Å². The molecule has 0 unspecified atom stereocenters. The number of aromatic amines is 1. The van der Waals surface area contributed by atoms with E-state index in [0.29, 0.717) is 11.3 Å². The van der Waals surface area contributed by atoms with Crippen molar-refractivity contribution in [3.63, 3.8) is 0 Å². The van der Waals surface area contributed by atoms with Gasteiger partial charge in [0, 0.05) is 10.9 Å². The predicted octanol–water partition coefficient (Wildman–Crippen LogP) is 1.91. The molecule has 3 aromatic rings. The molecule has 104 valence electrons. The van der Waals surface area contributed by atoms with E-state index < -0.39 is 5.97 Å². The van der Waals surface area contributed by atoms with Gasteiger partial charge in [-0.05, 0) is 30.3 Å². The molecule has 0 radical (unpaired) electrons. The number of carbonyl (C=O) groups excluding carboxylic acids is 1. The van der Waals surface area contributed by atoms with Gasteiger partial charge in [0.15, 0.2) is 0 Å². The molecule has 7 heteroatoms. The van der Waals surface area contributed by atoms with Gasteiger partial charge in [0.2, 0.25) is 0 Å². The van der Waals surface area contributed by atoms with Crippen LogP contribution in [0.25, 0.3) is 10.9 Å². The molecule has 0 fully saturated rings. The van der Waals surface area contributed by atoms with Gasteiger partial charge in [-0.2, -0.15) is 5.10 Å². The number of nitrogens with one attached hydrogen (secondary N) is 2. The fourth-order valence-electron chi connectivity index (χ4n) is 1.88. The fourth-order valence-corrected chi connectivity index (χ4v) is 1.88. The highest BCUT2D eigenvalue weighted by Crippen LogP contribution is 2.15. The van der Waals surface area contributed by atoms with Crippen LogP contribution in [0.1, 0.15) is 20.8 Å². The topological polar surface area (TPSA) is 108 Å². The molecule has 2 heterocycles. The molecule has 0 atom stereocenters. The van der Waals surface area contributed by atoms with Gasteiger partial charge in [0.1, 0.15) is 5.69 Å². The third kappa shape index (κ3) is 2.57. The Balaban J connectivity index is 1.80. The van der Waals surface area contributed by atoms with E-state index >= 15 is 0 Å². The lowest BCUT2D eigenvalue weighted by Crippen LogP contribution is -2.12. The van der Waals surface area contributed by atoms with E-state index in [-0.39, 0.29) is 11.6 Å². The lowest BCUT2D eigenvalue weighted by atomic mass is 10.1. The summed E-state index contributed by atoms with van der Waals surface area (Å²) in [5, 5.41) is 18.9. The molecule has 2 aromatic heterocycles. The van der Waals surface area contributed by atoms with Gasteiger partial charge in [0.05, 0.1) is 23.6 Å². The zero-order chi connectivity index (χ0) is 14.8. The smallest absolute Gasteiger partial charge is 0.354 e. The highest BCUT2D eigenvalue weighted by molar-refractivity contribution is 6.06. The lowest BCUT2D eigenvalue weighted by molar-refractivity contribution is 0.0690. The standard InChI is InChI=1S/C14H10N4O3/c19-13(8-1-3-11-9(5-8)6-16-18-11)17-10-2-4-12(14(20)21)15-7-10/h1-7H,(H,16,18)(H,17,19)(H,20,21). The summed E-state index contributed by atoms with van der Waals surface area (Å²) < 4.78 is 0. The summed E-state index contributed by atoms with van der Waals surface area (Å²) in [6.45, 7) is 0. The number of hydrogen-bond acceptors (Lipinski definition) is 4. The van der Waals surface area contributed by atoms with Gasteiger partial charge in [-0.3, -0.25) is 9.89 Å². The maximum atomic E-state index is 12.1. The number of aromatic carboxylic acids is 1. The molecule has 0 bridgehead atoms. The van der Waals surface area contributed by atoms with Crippen molar-refractivity contribution in [2.45, 2.75) is 0 Å². The zero-order valence-electron chi connectivity index (χ0n) is 10.7. The molecular weight excluding hydrogens is 272 g/mol. The summed E-state index contributed by atoms with van der Waals surface area (Å²) in [6, 6.07) is 7.98. The van der Waals surface area contributed by atoms with Crippen LogP contribution in [0.3, 0.4) is 0 Å². The number of carboxylic acid groups (broad SMARTS) is 1. The van der Waals surface area contributed by atoms with E-state index in [4.69, 9.17) is 5.11 Å². The lowest BCUT2D eigenvalue weighted by Gasteiger charge is -2.05. The number of H-pyrrole nitrogens is 1. The van der Waals surface area contributed by atoms with E-state index in [0.717, 1.165) is 10.9 Å². The van der Waals surface area contributed by atoms with Crippen LogP contribution in [0.5, 0.6) is 0 Å².